The Bertz CT molecular complexity index is 1730. The van der Waals surface area contributed by atoms with Crippen molar-refractivity contribution in [1.29, 1.82) is 0 Å². The number of likely N-dealkylation sites (tertiary alicyclic amines) is 1. The number of nitrogens with zero attached hydrogens (tertiary/aromatic N) is 4. The average molecular weight is 649 g/mol. The first-order valence-corrected chi connectivity index (χ1v) is 15.3. The van der Waals surface area contributed by atoms with E-state index in [1.54, 1.807) is 0 Å². The van der Waals surface area contributed by atoms with Crippen LogP contribution in [0.5, 0.6) is 0 Å². The van der Waals surface area contributed by atoms with Crippen molar-refractivity contribution < 1.29 is 27.2 Å². The molecule has 1 saturated heterocycles. The molecule has 8 nitrogen and oxygen atoms in total. The first-order chi connectivity index (χ1) is 22.3. The van der Waals surface area contributed by atoms with E-state index < -0.39 is 40.5 Å². The number of nitrogens with two attached hydrogens (primary N) is 2. The van der Waals surface area contributed by atoms with Gasteiger partial charge in [-0.3, -0.25) is 19.5 Å². The summed E-state index contributed by atoms with van der Waals surface area (Å²) in [7, 11) is 0. The minimum atomic E-state index is -4.82. The van der Waals surface area contributed by atoms with Crippen LogP contribution in [0.1, 0.15) is 60.2 Å². The van der Waals surface area contributed by atoms with Gasteiger partial charge in [0.05, 0.1) is 23.4 Å². The second kappa shape index (κ2) is 13.4. The molecule has 3 aromatic carbocycles. The minimum absolute atomic E-state index is 0.0250. The molecule has 12 heteroatoms. The highest BCUT2D eigenvalue weighted by atomic mass is 19.4. The van der Waals surface area contributed by atoms with Gasteiger partial charge in [-0.1, -0.05) is 50.2 Å². The number of guanidine groups is 1. The van der Waals surface area contributed by atoms with E-state index >= 15 is 0 Å². The second-order valence-electron chi connectivity index (χ2n) is 12.1. The fourth-order valence-corrected chi connectivity index (χ4v) is 5.85. The lowest BCUT2D eigenvalue weighted by atomic mass is 9.83. The third-order valence-corrected chi connectivity index (χ3v) is 8.41. The normalized spacial score (nSPS) is 20.4. The standard InChI is InChI=1S/C35H36F4N6O2/c1-22(2)14-16-34(25-9-11-26(36)12-10-25)32(47)45(33(41)43-34)20-23-8-13-29(35(37,38)39)28(18-23)31(46)44-17-15-30(24(19-40)21-44)42-27-6-4-3-5-7-27/h3-13,18-19,22H,14-17,20-21,40H2,1-2H3,(H2,41,43). The third-order valence-electron chi connectivity index (χ3n) is 8.41. The molecule has 2 aliphatic heterocycles. The Morgan fingerprint density at radius 1 is 1.09 bits per heavy atom. The lowest BCUT2D eigenvalue weighted by Gasteiger charge is -2.31. The van der Waals surface area contributed by atoms with E-state index in [1.165, 1.54) is 46.3 Å². The Kier molecular flexibility index (Phi) is 9.50. The molecule has 0 spiro atoms. The first kappa shape index (κ1) is 33.4. The number of amides is 2. The van der Waals surface area contributed by atoms with Gasteiger partial charge in [0.15, 0.2) is 11.5 Å². The maximum Gasteiger partial charge on any atom is 0.417 e. The molecular formula is C35H36F4N6O2. The minimum Gasteiger partial charge on any atom is -0.404 e. The summed E-state index contributed by atoms with van der Waals surface area (Å²) in [6.45, 7) is 3.87. The Morgan fingerprint density at radius 2 is 1.79 bits per heavy atom. The van der Waals surface area contributed by atoms with Crippen molar-refractivity contribution >= 4 is 29.2 Å². The quantitative estimate of drug-likeness (QED) is 0.279. The Balaban J connectivity index is 1.43. The summed E-state index contributed by atoms with van der Waals surface area (Å²) >= 11 is 0. The van der Waals surface area contributed by atoms with Crippen molar-refractivity contribution in [2.75, 3.05) is 13.1 Å². The highest BCUT2D eigenvalue weighted by Crippen LogP contribution is 2.40. The van der Waals surface area contributed by atoms with E-state index in [-0.39, 0.29) is 37.1 Å². The van der Waals surface area contributed by atoms with Crippen LogP contribution in [0, 0.1) is 11.7 Å². The molecule has 0 bridgehead atoms. The molecule has 0 radical (unpaired) electrons. The molecular weight excluding hydrogens is 612 g/mol. The van der Waals surface area contributed by atoms with Crippen molar-refractivity contribution in [3.05, 3.63) is 113 Å². The molecule has 2 amide bonds. The van der Waals surface area contributed by atoms with E-state index in [2.05, 4.69) is 9.98 Å². The summed E-state index contributed by atoms with van der Waals surface area (Å²) in [4.78, 5) is 39.4. The highest BCUT2D eigenvalue weighted by molar-refractivity contribution is 6.07. The van der Waals surface area contributed by atoms with E-state index in [0.717, 1.165) is 12.1 Å². The number of para-hydroxylation sites is 1. The predicted octanol–water partition coefficient (Wildman–Crippen LogP) is 6.29. The molecule has 1 atom stereocenters. The van der Waals surface area contributed by atoms with Crippen LogP contribution < -0.4 is 11.5 Å². The molecule has 0 saturated carbocycles. The number of piperidine rings is 1. The maximum absolute atomic E-state index is 14.2. The van der Waals surface area contributed by atoms with Crippen molar-refractivity contribution in [2.24, 2.45) is 27.4 Å². The van der Waals surface area contributed by atoms with E-state index in [1.807, 2.05) is 44.2 Å². The second-order valence-corrected chi connectivity index (χ2v) is 12.1. The number of hydrogen-bond acceptors (Lipinski definition) is 6. The number of carbonyl (C=O) groups excluding carboxylic acids is 2. The third kappa shape index (κ3) is 7.06. The van der Waals surface area contributed by atoms with E-state index in [0.29, 0.717) is 41.8 Å². The zero-order valence-electron chi connectivity index (χ0n) is 26.1. The molecule has 2 aliphatic rings. The van der Waals surface area contributed by atoms with Gasteiger partial charge in [0.25, 0.3) is 11.8 Å². The largest absolute Gasteiger partial charge is 0.417 e. The van der Waals surface area contributed by atoms with Crippen LogP contribution in [0.4, 0.5) is 23.2 Å². The SMILES string of the molecule is CC(C)CCC1(c2ccc(F)cc2)N=C(N)N(Cc2ccc(C(F)(F)F)c(C(=O)N3CCC(=Nc4ccccc4)C(=CN)C3)c2)C1=O. The van der Waals surface area contributed by atoms with Gasteiger partial charge < -0.3 is 16.4 Å². The van der Waals surface area contributed by atoms with Crippen LogP contribution in [0.15, 0.2) is 94.6 Å². The van der Waals surface area contributed by atoms with Gasteiger partial charge in [-0.15, -0.1) is 0 Å². The molecule has 5 rings (SSSR count). The number of hydrogen-bond donors (Lipinski definition) is 2. The molecule has 3 aromatic rings. The molecule has 47 heavy (non-hydrogen) atoms. The molecule has 1 unspecified atom stereocenters. The van der Waals surface area contributed by atoms with Crippen molar-refractivity contribution in [3.8, 4) is 0 Å². The summed E-state index contributed by atoms with van der Waals surface area (Å²) in [5.74, 6) is -1.68. The monoisotopic (exact) mass is 648 g/mol. The predicted molar refractivity (Wildman–Crippen MR) is 172 cm³/mol. The average Bonchev–Trinajstić information content (AvgIpc) is 3.28. The fraction of sp³-hybridized carbons (Fsp3) is 0.314. The Labute approximate surface area is 270 Å². The molecule has 0 aliphatic carbocycles. The summed E-state index contributed by atoms with van der Waals surface area (Å²) < 4.78 is 56.4. The summed E-state index contributed by atoms with van der Waals surface area (Å²) in [5.41, 5.74) is 11.7. The molecule has 4 N–H and O–H groups in total. The number of carbonyl (C=O) groups is 2. The van der Waals surface area contributed by atoms with Gasteiger partial charge in [0, 0.05) is 37.0 Å². The van der Waals surface area contributed by atoms with E-state index in [9.17, 15) is 27.2 Å². The van der Waals surface area contributed by atoms with Crippen LogP contribution in [0.25, 0.3) is 0 Å². The number of alkyl halides is 3. The van der Waals surface area contributed by atoms with Crippen LogP contribution in [0.3, 0.4) is 0 Å². The number of benzene rings is 3. The van der Waals surface area contributed by atoms with Crippen LogP contribution in [-0.4, -0.2) is 46.4 Å². The summed E-state index contributed by atoms with van der Waals surface area (Å²) in [6, 6.07) is 17.8. The maximum atomic E-state index is 14.2. The van der Waals surface area contributed by atoms with Crippen molar-refractivity contribution in [2.45, 2.75) is 51.4 Å². The number of rotatable bonds is 8. The first-order valence-electron chi connectivity index (χ1n) is 15.3. The number of halogens is 4. The Hall–Kier alpha value is -5.00. The van der Waals surface area contributed by atoms with Crippen LogP contribution >= 0.6 is 0 Å². The zero-order chi connectivity index (χ0) is 33.9. The summed E-state index contributed by atoms with van der Waals surface area (Å²) in [6.07, 6.45) is -2.30. The topological polar surface area (TPSA) is 117 Å². The van der Waals surface area contributed by atoms with Crippen molar-refractivity contribution in [1.82, 2.24) is 9.80 Å². The van der Waals surface area contributed by atoms with Crippen LogP contribution in [0.2, 0.25) is 0 Å². The van der Waals surface area contributed by atoms with Gasteiger partial charge in [-0.05, 0) is 66.3 Å². The van der Waals surface area contributed by atoms with E-state index in [4.69, 9.17) is 11.5 Å². The van der Waals surface area contributed by atoms with Crippen LogP contribution in [-0.2, 0) is 23.1 Å². The van der Waals surface area contributed by atoms with Gasteiger partial charge in [-0.2, -0.15) is 13.2 Å². The fourth-order valence-electron chi connectivity index (χ4n) is 5.85. The smallest absolute Gasteiger partial charge is 0.404 e. The zero-order valence-corrected chi connectivity index (χ0v) is 26.1. The lowest BCUT2D eigenvalue weighted by Crippen LogP contribution is -2.43. The van der Waals surface area contributed by atoms with Gasteiger partial charge >= 0.3 is 6.18 Å². The molecule has 246 valence electrons. The van der Waals surface area contributed by atoms with Gasteiger partial charge in [0.2, 0.25) is 0 Å². The number of aliphatic imine (C=N–C) groups is 2. The highest BCUT2D eigenvalue weighted by Gasteiger charge is 2.49. The molecule has 1 fully saturated rings. The lowest BCUT2D eigenvalue weighted by molar-refractivity contribution is -0.138. The molecule has 0 aromatic heterocycles. The summed E-state index contributed by atoms with van der Waals surface area (Å²) in [5, 5.41) is 0. The Morgan fingerprint density at radius 3 is 2.43 bits per heavy atom. The van der Waals surface area contributed by atoms with Gasteiger partial charge in [0.1, 0.15) is 5.82 Å². The molecule has 2 heterocycles. The van der Waals surface area contributed by atoms with Crippen molar-refractivity contribution in [3.63, 3.8) is 0 Å². The van der Waals surface area contributed by atoms with Gasteiger partial charge in [-0.25, -0.2) is 9.38 Å².